The number of hydrogen-bond acceptors (Lipinski definition) is 2. The van der Waals surface area contributed by atoms with E-state index in [-0.39, 0.29) is 5.91 Å². The number of hydrogen-bond donors (Lipinski definition) is 2. The van der Waals surface area contributed by atoms with Gasteiger partial charge in [-0.2, -0.15) is 0 Å². The molecule has 3 nitrogen and oxygen atoms in total. The van der Waals surface area contributed by atoms with Crippen molar-refractivity contribution in [1.82, 2.24) is 0 Å². The molecule has 0 atom stereocenters. The number of anilines is 2. The second-order valence-electron chi connectivity index (χ2n) is 4.37. The van der Waals surface area contributed by atoms with Gasteiger partial charge in [-0.1, -0.05) is 45.7 Å². The summed E-state index contributed by atoms with van der Waals surface area (Å²) in [4.78, 5) is 11.9. The van der Waals surface area contributed by atoms with Gasteiger partial charge in [-0.3, -0.25) is 4.79 Å². The van der Waals surface area contributed by atoms with Crippen molar-refractivity contribution < 1.29 is 4.79 Å². The van der Waals surface area contributed by atoms with Gasteiger partial charge in [-0.15, -0.1) is 0 Å². The van der Waals surface area contributed by atoms with Crippen LogP contribution in [0.4, 0.5) is 11.4 Å². The molecular formula is C15H14BrClN2O. The molecule has 0 saturated heterocycles. The molecule has 2 aromatic carbocycles. The Balaban J connectivity index is 1.96. The Hall–Kier alpha value is -1.52. The van der Waals surface area contributed by atoms with Gasteiger partial charge in [0.1, 0.15) is 0 Å². The molecule has 2 rings (SSSR count). The first kappa shape index (κ1) is 14.9. The largest absolute Gasteiger partial charge is 0.399 e. The van der Waals surface area contributed by atoms with E-state index in [4.69, 9.17) is 17.3 Å². The second-order valence-corrected chi connectivity index (χ2v) is 5.69. The molecule has 20 heavy (non-hydrogen) atoms. The zero-order valence-corrected chi connectivity index (χ0v) is 13.0. The van der Waals surface area contributed by atoms with Crippen molar-refractivity contribution in [2.45, 2.75) is 12.8 Å². The van der Waals surface area contributed by atoms with Crippen LogP contribution in [0.25, 0.3) is 0 Å². The van der Waals surface area contributed by atoms with Gasteiger partial charge in [0, 0.05) is 16.6 Å². The summed E-state index contributed by atoms with van der Waals surface area (Å²) in [6.07, 6.45) is 0.960. The number of rotatable bonds is 4. The molecule has 0 unspecified atom stereocenters. The van der Waals surface area contributed by atoms with Crippen molar-refractivity contribution in [3.8, 4) is 0 Å². The van der Waals surface area contributed by atoms with E-state index in [1.807, 2.05) is 30.3 Å². The zero-order chi connectivity index (χ0) is 14.5. The van der Waals surface area contributed by atoms with Crippen LogP contribution >= 0.6 is 27.5 Å². The number of nitrogens with one attached hydrogen (secondary N) is 1. The molecule has 1 amide bonds. The minimum absolute atomic E-state index is 0.0896. The summed E-state index contributed by atoms with van der Waals surface area (Å²) in [5, 5.41) is 3.31. The molecule has 0 radical (unpaired) electrons. The molecule has 2 aromatic rings. The summed E-state index contributed by atoms with van der Waals surface area (Å²) in [7, 11) is 0. The Morgan fingerprint density at radius 1 is 1.25 bits per heavy atom. The van der Waals surface area contributed by atoms with Crippen LogP contribution in [-0.4, -0.2) is 5.91 Å². The number of amides is 1. The van der Waals surface area contributed by atoms with E-state index in [1.165, 1.54) is 0 Å². The molecule has 104 valence electrons. The topological polar surface area (TPSA) is 55.1 Å². The smallest absolute Gasteiger partial charge is 0.224 e. The first-order valence-corrected chi connectivity index (χ1v) is 7.31. The van der Waals surface area contributed by atoms with E-state index in [2.05, 4.69) is 21.2 Å². The number of nitrogen functional groups attached to an aromatic ring is 1. The average Bonchev–Trinajstić information content (AvgIpc) is 2.42. The minimum Gasteiger partial charge on any atom is -0.399 e. The summed E-state index contributed by atoms with van der Waals surface area (Å²) in [6.45, 7) is 0. The molecule has 0 aromatic heterocycles. The summed E-state index contributed by atoms with van der Waals surface area (Å²) < 4.78 is 0.865. The van der Waals surface area contributed by atoms with Crippen LogP contribution in [0.1, 0.15) is 12.0 Å². The molecule has 3 N–H and O–H groups in total. The molecule has 5 heteroatoms. The first-order chi connectivity index (χ1) is 9.56. The fourth-order valence-corrected chi connectivity index (χ4v) is 2.34. The quantitative estimate of drug-likeness (QED) is 0.807. The third-order valence-corrected chi connectivity index (χ3v) is 3.70. The standard InChI is InChI=1S/C15H14BrClN2O/c16-11-6-7-12(17)14(9-11)19-15(20)8-5-10-3-1-2-4-13(10)18/h1-4,6-7,9H,5,8,18H2,(H,19,20). The van der Waals surface area contributed by atoms with Gasteiger partial charge < -0.3 is 11.1 Å². The Morgan fingerprint density at radius 3 is 2.75 bits per heavy atom. The molecule has 0 saturated carbocycles. The van der Waals surface area contributed by atoms with Crippen molar-refractivity contribution in [3.05, 3.63) is 57.5 Å². The Labute approximate surface area is 131 Å². The van der Waals surface area contributed by atoms with E-state index in [0.717, 1.165) is 10.0 Å². The maximum Gasteiger partial charge on any atom is 0.224 e. The lowest BCUT2D eigenvalue weighted by Crippen LogP contribution is -2.13. The number of halogens is 2. The van der Waals surface area contributed by atoms with Gasteiger partial charge in [-0.05, 0) is 36.2 Å². The van der Waals surface area contributed by atoms with E-state index in [0.29, 0.717) is 29.2 Å². The predicted octanol–water partition coefficient (Wildman–Crippen LogP) is 4.26. The van der Waals surface area contributed by atoms with Crippen LogP contribution < -0.4 is 11.1 Å². The highest BCUT2D eigenvalue weighted by atomic mass is 79.9. The monoisotopic (exact) mass is 352 g/mol. The van der Waals surface area contributed by atoms with Crippen molar-refractivity contribution in [3.63, 3.8) is 0 Å². The molecule has 0 spiro atoms. The average molecular weight is 354 g/mol. The van der Waals surface area contributed by atoms with Crippen LogP contribution in [-0.2, 0) is 11.2 Å². The second kappa shape index (κ2) is 6.77. The summed E-state index contributed by atoms with van der Waals surface area (Å²) in [5.74, 6) is -0.0896. The third kappa shape index (κ3) is 3.99. The van der Waals surface area contributed by atoms with Crippen LogP contribution in [0.15, 0.2) is 46.9 Å². The highest BCUT2D eigenvalue weighted by Crippen LogP contribution is 2.26. The highest BCUT2D eigenvalue weighted by molar-refractivity contribution is 9.10. The lowest BCUT2D eigenvalue weighted by Gasteiger charge is -2.08. The number of nitrogens with two attached hydrogens (primary N) is 1. The van der Waals surface area contributed by atoms with E-state index >= 15 is 0 Å². The Morgan fingerprint density at radius 2 is 2.00 bits per heavy atom. The normalized spacial score (nSPS) is 10.3. The maximum absolute atomic E-state index is 11.9. The van der Waals surface area contributed by atoms with Crippen LogP contribution in [0, 0.1) is 0 Å². The molecule has 0 aliphatic carbocycles. The molecule has 0 bridgehead atoms. The van der Waals surface area contributed by atoms with Crippen molar-refractivity contribution in [1.29, 1.82) is 0 Å². The van der Waals surface area contributed by atoms with E-state index in [1.54, 1.807) is 12.1 Å². The maximum atomic E-state index is 11.9. The lowest BCUT2D eigenvalue weighted by molar-refractivity contribution is -0.116. The van der Waals surface area contributed by atoms with Crippen molar-refractivity contribution >= 4 is 44.8 Å². The van der Waals surface area contributed by atoms with E-state index < -0.39 is 0 Å². The SMILES string of the molecule is Nc1ccccc1CCC(=O)Nc1cc(Br)ccc1Cl. The number of para-hydroxylation sites is 1. The van der Waals surface area contributed by atoms with Crippen molar-refractivity contribution in [2.24, 2.45) is 0 Å². The summed E-state index contributed by atoms with van der Waals surface area (Å²) in [5.41, 5.74) is 8.13. The van der Waals surface area contributed by atoms with Crippen LogP contribution in [0.2, 0.25) is 5.02 Å². The molecule has 0 aliphatic heterocycles. The van der Waals surface area contributed by atoms with Crippen molar-refractivity contribution in [2.75, 3.05) is 11.1 Å². The zero-order valence-electron chi connectivity index (χ0n) is 10.7. The minimum atomic E-state index is -0.0896. The number of aryl methyl sites for hydroxylation is 1. The van der Waals surface area contributed by atoms with Gasteiger partial charge >= 0.3 is 0 Å². The van der Waals surface area contributed by atoms with Gasteiger partial charge in [0.15, 0.2) is 0 Å². The van der Waals surface area contributed by atoms with Crippen LogP contribution in [0.3, 0.4) is 0 Å². The predicted molar refractivity (Wildman–Crippen MR) is 87.0 cm³/mol. The van der Waals surface area contributed by atoms with Crippen LogP contribution in [0.5, 0.6) is 0 Å². The highest BCUT2D eigenvalue weighted by Gasteiger charge is 2.07. The Bertz CT molecular complexity index is 631. The molecular weight excluding hydrogens is 340 g/mol. The number of carbonyl (C=O) groups is 1. The third-order valence-electron chi connectivity index (χ3n) is 2.88. The summed E-state index contributed by atoms with van der Waals surface area (Å²) >= 11 is 9.37. The van der Waals surface area contributed by atoms with Gasteiger partial charge in [0.05, 0.1) is 10.7 Å². The number of benzene rings is 2. The molecule has 0 heterocycles. The first-order valence-electron chi connectivity index (χ1n) is 6.14. The molecule has 0 fully saturated rings. The Kier molecular flexibility index (Phi) is 5.04. The van der Waals surface area contributed by atoms with Gasteiger partial charge in [0.2, 0.25) is 5.91 Å². The van der Waals surface area contributed by atoms with E-state index in [9.17, 15) is 4.79 Å². The lowest BCUT2D eigenvalue weighted by atomic mass is 10.1. The summed E-state index contributed by atoms with van der Waals surface area (Å²) in [6, 6.07) is 12.9. The fraction of sp³-hybridized carbons (Fsp3) is 0.133. The van der Waals surface area contributed by atoms with Gasteiger partial charge in [0.25, 0.3) is 0 Å². The molecule has 0 aliphatic rings. The number of carbonyl (C=O) groups excluding carboxylic acids is 1. The van der Waals surface area contributed by atoms with Gasteiger partial charge in [-0.25, -0.2) is 0 Å². The fourth-order valence-electron chi connectivity index (χ4n) is 1.82.